The molecular weight excluding hydrogens is 326 g/mol. The van der Waals surface area contributed by atoms with Crippen LogP contribution >= 0.6 is 11.3 Å². The molecule has 3 N–H and O–H groups in total. The monoisotopic (exact) mass is 353 g/mol. The number of piperidine rings is 1. The van der Waals surface area contributed by atoms with Gasteiger partial charge in [0.2, 0.25) is 11.0 Å². The fourth-order valence-electron chi connectivity index (χ4n) is 3.57. The van der Waals surface area contributed by atoms with Crippen molar-refractivity contribution < 1.29 is 9.53 Å². The van der Waals surface area contributed by atoms with E-state index in [-0.39, 0.29) is 11.8 Å². The maximum atomic E-state index is 12.4. The van der Waals surface area contributed by atoms with Crippen LogP contribution in [0, 0.1) is 5.92 Å². The molecular formula is C16H27N5O2S. The minimum absolute atomic E-state index is 0.124. The Labute approximate surface area is 147 Å². The van der Waals surface area contributed by atoms with Gasteiger partial charge in [-0.3, -0.25) is 9.69 Å². The molecule has 2 aliphatic rings. The molecule has 3 rings (SSSR count). The summed E-state index contributed by atoms with van der Waals surface area (Å²) in [5.74, 6) is 0.322. The van der Waals surface area contributed by atoms with Crippen LogP contribution in [0.4, 0.5) is 5.13 Å². The zero-order chi connectivity index (χ0) is 16.8. The number of rotatable bonds is 6. The van der Waals surface area contributed by atoms with Crippen LogP contribution < -0.4 is 11.1 Å². The third-order valence-electron chi connectivity index (χ3n) is 4.88. The molecule has 7 nitrogen and oxygen atoms in total. The number of carbonyl (C=O) groups is 1. The molecule has 0 radical (unpaired) electrons. The zero-order valence-electron chi connectivity index (χ0n) is 14.1. The highest BCUT2D eigenvalue weighted by molar-refractivity contribution is 7.15. The molecule has 0 bridgehead atoms. The van der Waals surface area contributed by atoms with Crippen LogP contribution in [0.25, 0.3) is 0 Å². The number of nitrogens with two attached hydrogens (primary N) is 1. The molecule has 1 aromatic heterocycles. The van der Waals surface area contributed by atoms with Crippen molar-refractivity contribution in [3.05, 3.63) is 5.01 Å². The van der Waals surface area contributed by atoms with E-state index in [1.165, 1.54) is 11.3 Å². The van der Waals surface area contributed by atoms with Crippen molar-refractivity contribution in [1.82, 2.24) is 20.4 Å². The summed E-state index contributed by atoms with van der Waals surface area (Å²) in [6, 6.07) is 0.595. The quantitative estimate of drug-likeness (QED) is 0.743. The highest BCUT2D eigenvalue weighted by atomic mass is 32.1. The lowest BCUT2D eigenvalue weighted by atomic mass is 9.94. The first kappa shape index (κ1) is 17.6. The molecule has 0 spiro atoms. The number of nitrogen functional groups attached to an aromatic ring is 1. The predicted octanol–water partition coefficient (Wildman–Crippen LogP) is 1.06. The first-order chi connectivity index (χ1) is 11.7. The molecule has 134 valence electrons. The lowest BCUT2D eigenvalue weighted by Crippen LogP contribution is -2.48. The van der Waals surface area contributed by atoms with Crippen LogP contribution in [0.15, 0.2) is 0 Å². The maximum Gasteiger partial charge on any atom is 0.224 e. The minimum Gasteiger partial charge on any atom is -0.381 e. The van der Waals surface area contributed by atoms with Gasteiger partial charge in [0.25, 0.3) is 0 Å². The van der Waals surface area contributed by atoms with Crippen molar-refractivity contribution in [3.8, 4) is 0 Å². The highest BCUT2D eigenvalue weighted by Crippen LogP contribution is 2.23. The van der Waals surface area contributed by atoms with Crippen molar-refractivity contribution in [1.29, 1.82) is 0 Å². The summed E-state index contributed by atoms with van der Waals surface area (Å²) in [5.41, 5.74) is 5.57. The van der Waals surface area contributed by atoms with Gasteiger partial charge in [-0.25, -0.2) is 0 Å². The summed E-state index contributed by atoms with van der Waals surface area (Å²) in [7, 11) is 0. The number of likely N-dealkylation sites (tertiary alicyclic amines) is 1. The van der Waals surface area contributed by atoms with Gasteiger partial charge in [0.15, 0.2) is 0 Å². The van der Waals surface area contributed by atoms with Gasteiger partial charge in [-0.2, -0.15) is 0 Å². The van der Waals surface area contributed by atoms with Gasteiger partial charge in [0.05, 0.1) is 5.92 Å². The van der Waals surface area contributed by atoms with E-state index in [4.69, 9.17) is 10.5 Å². The molecule has 2 saturated heterocycles. The SMILES string of the molecule is Nc1nnc(CCCNC(=O)C2CCCN(C3CCOCC3)C2)s1. The van der Waals surface area contributed by atoms with Gasteiger partial charge in [0, 0.05) is 38.8 Å². The Bertz CT molecular complexity index is 532. The first-order valence-corrected chi connectivity index (χ1v) is 9.71. The van der Waals surface area contributed by atoms with Crippen molar-refractivity contribution in [2.24, 2.45) is 5.92 Å². The lowest BCUT2D eigenvalue weighted by molar-refractivity contribution is -0.127. The number of carbonyl (C=O) groups excluding carboxylic acids is 1. The van der Waals surface area contributed by atoms with Crippen LogP contribution in [0.1, 0.15) is 37.1 Å². The topological polar surface area (TPSA) is 93.4 Å². The summed E-state index contributed by atoms with van der Waals surface area (Å²) < 4.78 is 5.45. The van der Waals surface area contributed by atoms with Crippen LogP contribution in [-0.2, 0) is 16.0 Å². The van der Waals surface area contributed by atoms with Crippen molar-refractivity contribution in [2.45, 2.75) is 44.6 Å². The van der Waals surface area contributed by atoms with Crippen molar-refractivity contribution in [2.75, 3.05) is 38.6 Å². The van der Waals surface area contributed by atoms with Crippen LogP contribution in [0.3, 0.4) is 0 Å². The number of aryl methyl sites for hydroxylation is 1. The van der Waals surface area contributed by atoms with Gasteiger partial charge in [-0.1, -0.05) is 11.3 Å². The third-order valence-corrected chi connectivity index (χ3v) is 5.69. The number of aromatic nitrogens is 2. The smallest absolute Gasteiger partial charge is 0.224 e. The minimum atomic E-state index is 0.124. The summed E-state index contributed by atoms with van der Waals surface area (Å²) in [6.07, 6.45) is 5.99. The second kappa shape index (κ2) is 8.73. The van der Waals surface area contributed by atoms with Gasteiger partial charge >= 0.3 is 0 Å². The van der Waals surface area contributed by atoms with E-state index >= 15 is 0 Å². The molecule has 1 aromatic rings. The summed E-state index contributed by atoms with van der Waals surface area (Å²) in [4.78, 5) is 14.9. The molecule has 1 amide bonds. The fraction of sp³-hybridized carbons (Fsp3) is 0.812. The Kier molecular flexibility index (Phi) is 6.39. The molecule has 2 aliphatic heterocycles. The molecule has 0 saturated carbocycles. The van der Waals surface area contributed by atoms with Gasteiger partial charge in [-0.05, 0) is 38.6 Å². The van der Waals surface area contributed by atoms with Crippen LogP contribution in [-0.4, -0.2) is 59.9 Å². The van der Waals surface area contributed by atoms with Crippen molar-refractivity contribution in [3.63, 3.8) is 0 Å². The summed E-state index contributed by atoms with van der Waals surface area (Å²) >= 11 is 1.42. The van der Waals surface area contributed by atoms with Gasteiger partial charge in [0.1, 0.15) is 5.01 Å². The first-order valence-electron chi connectivity index (χ1n) is 8.90. The zero-order valence-corrected chi connectivity index (χ0v) is 14.9. The van der Waals surface area contributed by atoms with Crippen LogP contribution in [0.5, 0.6) is 0 Å². The highest BCUT2D eigenvalue weighted by Gasteiger charge is 2.30. The molecule has 0 aliphatic carbocycles. The number of amides is 1. The van der Waals surface area contributed by atoms with E-state index < -0.39 is 0 Å². The number of nitrogens with one attached hydrogen (secondary N) is 1. The Morgan fingerprint density at radius 3 is 2.92 bits per heavy atom. The van der Waals surface area contributed by atoms with Gasteiger partial charge < -0.3 is 15.8 Å². The lowest BCUT2D eigenvalue weighted by Gasteiger charge is -2.39. The Morgan fingerprint density at radius 2 is 2.17 bits per heavy atom. The maximum absolute atomic E-state index is 12.4. The number of nitrogens with zero attached hydrogens (tertiary/aromatic N) is 3. The number of hydrogen-bond donors (Lipinski definition) is 2. The Balaban J connectivity index is 1.37. The van der Waals surface area contributed by atoms with Crippen molar-refractivity contribution >= 4 is 22.4 Å². The Hall–Kier alpha value is -1.25. The average Bonchev–Trinajstić information content (AvgIpc) is 3.05. The molecule has 24 heavy (non-hydrogen) atoms. The second-order valence-electron chi connectivity index (χ2n) is 6.61. The third kappa shape index (κ3) is 4.87. The fourth-order valence-corrected chi connectivity index (χ4v) is 4.22. The van der Waals surface area contributed by atoms with E-state index in [1.54, 1.807) is 0 Å². The van der Waals surface area contributed by atoms with E-state index in [1.807, 2.05) is 0 Å². The summed E-state index contributed by atoms with van der Waals surface area (Å²) in [5, 5.41) is 12.3. The average molecular weight is 353 g/mol. The largest absolute Gasteiger partial charge is 0.381 e. The standard InChI is InChI=1S/C16H27N5O2S/c17-16-20-19-14(24-16)4-1-7-18-15(22)12-3-2-8-21(11-12)13-5-9-23-10-6-13/h12-13H,1-11H2,(H2,17,20)(H,18,22). The van der Waals surface area contributed by atoms with E-state index in [0.717, 1.165) is 69.8 Å². The van der Waals surface area contributed by atoms with Crippen LogP contribution in [0.2, 0.25) is 0 Å². The molecule has 0 aromatic carbocycles. The Morgan fingerprint density at radius 1 is 1.33 bits per heavy atom. The summed E-state index contributed by atoms with van der Waals surface area (Å²) in [6.45, 7) is 4.41. The predicted molar refractivity (Wildman–Crippen MR) is 93.8 cm³/mol. The molecule has 1 atom stereocenters. The number of ether oxygens (including phenoxy) is 1. The van der Waals surface area contributed by atoms with E-state index in [0.29, 0.717) is 17.7 Å². The van der Waals surface area contributed by atoms with Gasteiger partial charge in [-0.15, -0.1) is 10.2 Å². The molecule has 2 fully saturated rings. The molecule has 1 unspecified atom stereocenters. The number of hydrogen-bond acceptors (Lipinski definition) is 7. The number of anilines is 1. The molecule has 3 heterocycles. The van der Waals surface area contributed by atoms with E-state index in [9.17, 15) is 4.79 Å². The van der Waals surface area contributed by atoms with E-state index in [2.05, 4.69) is 20.4 Å². The second-order valence-corrected chi connectivity index (χ2v) is 7.70. The normalized spacial score (nSPS) is 23.2. The molecule has 8 heteroatoms.